The Morgan fingerprint density at radius 2 is 1.50 bits per heavy atom. The summed E-state index contributed by atoms with van der Waals surface area (Å²) in [6.07, 6.45) is 0. The summed E-state index contributed by atoms with van der Waals surface area (Å²) in [5.41, 5.74) is 2.47. The highest BCUT2D eigenvalue weighted by atomic mass is 16.5. The molecule has 0 aliphatic heterocycles. The second-order valence-corrected chi connectivity index (χ2v) is 7.39. The molecule has 152 valence electrons. The number of benzene rings is 3. The van der Waals surface area contributed by atoms with Crippen LogP contribution in [0.25, 0.3) is 0 Å². The van der Waals surface area contributed by atoms with Gasteiger partial charge in [0.05, 0.1) is 35.2 Å². The summed E-state index contributed by atoms with van der Waals surface area (Å²) in [4.78, 5) is 26.8. The SMILES string of the molecule is COc1ccccc1Nc1ccc(NC(C)C)c2c1C(=O)c1c(O)cccc1C2=O. The maximum absolute atomic E-state index is 13.5. The van der Waals surface area contributed by atoms with Crippen molar-refractivity contribution in [2.45, 2.75) is 19.9 Å². The normalized spacial score (nSPS) is 12.4. The second-order valence-electron chi connectivity index (χ2n) is 7.39. The number of hydrogen-bond donors (Lipinski definition) is 3. The van der Waals surface area contributed by atoms with E-state index in [1.54, 1.807) is 37.4 Å². The molecule has 0 saturated heterocycles. The van der Waals surface area contributed by atoms with Gasteiger partial charge in [-0.25, -0.2) is 0 Å². The van der Waals surface area contributed by atoms with Crippen LogP contribution in [0.15, 0.2) is 54.6 Å². The van der Waals surface area contributed by atoms with Crippen molar-refractivity contribution in [2.24, 2.45) is 0 Å². The van der Waals surface area contributed by atoms with Crippen LogP contribution in [0.4, 0.5) is 17.1 Å². The van der Waals surface area contributed by atoms with Crippen LogP contribution >= 0.6 is 0 Å². The summed E-state index contributed by atoms with van der Waals surface area (Å²) in [5, 5.41) is 16.8. The molecule has 0 atom stereocenters. The summed E-state index contributed by atoms with van der Waals surface area (Å²) < 4.78 is 5.39. The number of anilines is 3. The first kappa shape index (κ1) is 19.5. The van der Waals surface area contributed by atoms with Gasteiger partial charge >= 0.3 is 0 Å². The third-order valence-electron chi connectivity index (χ3n) is 4.99. The molecule has 0 bridgehead atoms. The number of carbonyl (C=O) groups is 2. The minimum Gasteiger partial charge on any atom is -0.507 e. The second kappa shape index (κ2) is 7.55. The van der Waals surface area contributed by atoms with Crippen molar-refractivity contribution in [3.8, 4) is 11.5 Å². The van der Waals surface area contributed by atoms with Crippen LogP contribution in [0.1, 0.15) is 45.7 Å². The molecule has 3 N–H and O–H groups in total. The van der Waals surface area contributed by atoms with Gasteiger partial charge in [-0.05, 0) is 44.2 Å². The molecule has 1 aliphatic rings. The molecule has 0 unspecified atom stereocenters. The minimum absolute atomic E-state index is 0.0276. The van der Waals surface area contributed by atoms with E-state index in [0.717, 1.165) is 0 Å². The fourth-order valence-corrected chi connectivity index (χ4v) is 3.73. The van der Waals surface area contributed by atoms with Gasteiger partial charge in [0.25, 0.3) is 0 Å². The summed E-state index contributed by atoms with van der Waals surface area (Å²) in [5.74, 6) is -0.305. The molecular weight excluding hydrogens is 380 g/mol. The van der Waals surface area contributed by atoms with Crippen LogP contribution in [0.2, 0.25) is 0 Å². The van der Waals surface area contributed by atoms with Gasteiger partial charge in [0.15, 0.2) is 11.6 Å². The fraction of sp³-hybridized carbons (Fsp3) is 0.167. The third kappa shape index (κ3) is 3.16. The number of methoxy groups -OCH3 is 1. The van der Waals surface area contributed by atoms with Gasteiger partial charge in [-0.1, -0.05) is 24.3 Å². The summed E-state index contributed by atoms with van der Waals surface area (Å²) in [6.45, 7) is 3.92. The van der Waals surface area contributed by atoms with E-state index in [9.17, 15) is 14.7 Å². The molecule has 6 heteroatoms. The van der Waals surface area contributed by atoms with Crippen LogP contribution < -0.4 is 15.4 Å². The summed E-state index contributed by atoms with van der Waals surface area (Å²) in [6, 6.07) is 15.5. The van der Waals surface area contributed by atoms with Crippen LogP contribution in [0.3, 0.4) is 0 Å². The van der Waals surface area contributed by atoms with Crippen LogP contribution in [0, 0.1) is 0 Å². The smallest absolute Gasteiger partial charge is 0.200 e. The van der Waals surface area contributed by atoms with E-state index in [1.807, 2.05) is 32.0 Å². The molecule has 0 spiro atoms. The molecule has 1 aliphatic carbocycles. The Bertz CT molecular complexity index is 1170. The number of rotatable bonds is 5. The highest BCUT2D eigenvalue weighted by Crippen LogP contribution is 2.41. The lowest BCUT2D eigenvalue weighted by molar-refractivity contribution is 0.0978. The zero-order valence-electron chi connectivity index (χ0n) is 16.9. The molecule has 0 saturated carbocycles. The zero-order chi connectivity index (χ0) is 21.4. The van der Waals surface area contributed by atoms with Gasteiger partial charge in [-0.15, -0.1) is 0 Å². The van der Waals surface area contributed by atoms with Gasteiger partial charge < -0.3 is 20.5 Å². The van der Waals surface area contributed by atoms with Crippen LogP contribution in [-0.2, 0) is 0 Å². The monoisotopic (exact) mass is 402 g/mol. The van der Waals surface area contributed by atoms with Gasteiger partial charge in [-0.3, -0.25) is 9.59 Å². The first-order valence-corrected chi connectivity index (χ1v) is 9.67. The largest absolute Gasteiger partial charge is 0.507 e. The molecule has 0 aromatic heterocycles. The number of ether oxygens (including phenoxy) is 1. The van der Waals surface area contributed by atoms with Gasteiger partial charge in [-0.2, -0.15) is 0 Å². The van der Waals surface area contributed by atoms with Gasteiger partial charge in [0.1, 0.15) is 11.5 Å². The van der Waals surface area contributed by atoms with E-state index in [-0.39, 0.29) is 34.3 Å². The average molecular weight is 402 g/mol. The Balaban J connectivity index is 1.94. The zero-order valence-corrected chi connectivity index (χ0v) is 16.9. The first-order chi connectivity index (χ1) is 14.4. The molecular formula is C24H22N2O4. The van der Waals surface area contributed by atoms with E-state index in [0.29, 0.717) is 28.4 Å². The van der Waals surface area contributed by atoms with Crippen molar-refractivity contribution in [2.75, 3.05) is 17.7 Å². The maximum Gasteiger partial charge on any atom is 0.200 e. The van der Waals surface area contributed by atoms with Gasteiger partial charge in [0.2, 0.25) is 0 Å². The quantitative estimate of drug-likeness (QED) is 0.447. The Hall–Kier alpha value is -3.80. The highest BCUT2D eigenvalue weighted by molar-refractivity contribution is 6.32. The molecule has 6 nitrogen and oxygen atoms in total. The van der Waals surface area contributed by atoms with Crippen molar-refractivity contribution in [1.29, 1.82) is 0 Å². The van der Waals surface area contributed by atoms with Crippen LogP contribution in [-0.4, -0.2) is 29.8 Å². The van der Waals surface area contributed by atoms with Crippen molar-refractivity contribution >= 4 is 28.6 Å². The van der Waals surface area contributed by atoms with Crippen molar-refractivity contribution in [3.05, 3.63) is 76.9 Å². The van der Waals surface area contributed by atoms with Crippen LogP contribution in [0.5, 0.6) is 11.5 Å². The lowest BCUT2D eigenvalue weighted by Crippen LogP contribution is -2.25. The van der Waals surface area contributed by atoms with E-state index in [2.05, 4.69) is 10.6 Å². The predicted octanol–water partition coefficient (Wildman–Crippen LogP) is 4.74. The average Bonchev–Trinajstić information content (AvgIpc) is 2.72. The fourth-order valence-electron chi connectivity index (χ4n) is 3.73. The molecule has 3 aromatic rings. The van der Waals surface area contributed by atoms with Crippen molar-refractivity contribution < 1.29 is 19.4 Å². The van der Waals surface area contributed by atoms with E-state index in [4.69, 9.17) is 4.74 Å². The summed E-state index contributed by atoms with van der Waals surface area (Å²) >= 11 is 0. The number of hydrogen-bond acceptors (Lipinski definition) is 6. The highest BCUT2D eigenvalue weighted by Gasteiger charge is 2.36. The number of fused-ring (bicyclic) bond motifs is 2. The lowest BCUT2D eigenvalue weighted by atomic mass is 9.81. The van der Waals surface area contributed by atoms with E-state index in [1.165, 1.54) is 6.07 Å². The topological polar surface area (TPSA) is 87.7 Å². The number of phenols is 1. The molecule has 0 fully saturated rings. The van der Waals surface area contributed by atoms with Crippen molar-refractivity contribution in [3.63, 3.8) is 0 Å². The minimum atomic E-state index is -0.400. The standard InChI is InChI=1S/C24H22N2O4/c1-13(2)25-16-11-12-17(26-15-8-4-5-10-19(15)30-3)22-21(16)23(28)14-7-6-9-18(27)20(14)24(22)29/h4-13,25-27H,1-3H3. The number of aromatic hydroxyl groups is 1. The molecule has 0 amide bonds. The number of ketones is 2. The number of para-hydroxylation sites is 2. The Kier molecular flexibility index (Phi) is 4.91. The molecule has 0 heterocycles. The molecule has 30 heavy (non-hydrogen) atoms. The van der Waals surface area contributed by atoms with E-state index >= 15 is 0 Å². The van der Waals surface area contributed by atoms with Gasteiger partial charge in [0, 0.05) is 17.3 Å². The lowest BCUT2D eigenvalue weighted by Gasteiger charge is -2.25. The number of nitrogens with one attached hydrogen (secondary N) is 2. The Morgan fingerprint density at radius 1 is 0.800 bits per heavy atom. The molecule has 3 aromatic carbocycles. The Labute approximate surface area is 174 Å². The molecule has 0 radical (unpaired) electrons. The first-order valence-electron chi connectivity index (χ1n) is 9.67. The number of phenolic OH excluding ortho intramolecular Hbond substituents is 1. The van der Waals surface area contributed by atoms with Crippen molar-refractivity contribution in [1.82, 2.24) is 0 Å². The third-order valence-corrected chi connectivity index (χ3v) is 4.99. The molecule has 4 rings (SSSR count). The van der Waals surface area contributed by atoms with E-state index < -0.39 is 5.78 Å². The Morgan fingerprint density at radius 3 is 2.23 bits per heavy atom. The number of carbonyl (C=O) groups excluding carboxylic acids is 2. The summed E-state index contributed by atoms with van der Waals surface area (Å²) in [7, 11) is 1.56. The maximum atomic E-state index is 13.5. The predicted molar refractivity (Wildman–Crippen MR) is 116 cm³/mol.